The van der Waals surface area contributed by atoms with Crippen LogP contribution in [0.1, 0.15) is 0 Å². The van der Waals surface area contributed by atoms with E-state index in [1.165, 1.54) is 12.1 Å². The standard InChI is InChI=1S/C31H24ClN8O19S6.Cu.4Na.H2O/c32-29-36-30(34-15-4-6-16(7-5-15)60(42,43)9-8-59-65(56,57)58)38-31(37-29)35-19-12-17(61(44,45)46)10-14-11-23(64(53,54)55)27(28(41)24(14)19)40-39-20-13-22(63(50,51)52)18-2-1-3-21(62(47,48)49)25(18)26(20)33;;;;;;/h1-7,10-13H,8-9H2,(H9-,33,34,35,36,37,38,39,40,41,44,45,46,47,48,49,50,51,52,53,54,55,56,57,58);;;;;;1H2/q-1;5*+1;/p-5. The number of phenols is 1. The number of anilines is 4. The van der Waals surface area contributed by atoms with E-state index in [9.17, 15) is 78.4 Å². The molecule has 0 aliphatic carbocycles. The Labute approximate surface area is 506 Å². The van der Waals surface area contributed by atoms with Crippen molar-refractivity contribution in [2.45, 2.75) is 24.5 Å². The quantitative estimate of drug-likeness (QED) is 0.0372. The molecule has 5 aromatic carbocycles. The van der Waals surface area contributed by atoms with Crippen LogP contribution in [-0.2, 0) is 82.0 Å². The van der Waals surface area contributed by atoms with Crippen LogP contribution < -0.4 is 129 Å². The van der Waals surface area contributed by atoms with E-state index in [0.29, 0.717) is 30.3 Å². The van der Waals surface area contributed by atoms with Gasteiger partial charge in [-0.15, -0.1) is 10.8 Å². The number of aromatic hydroxyl groups is 1. The zero-order valence-electron chi connectivity index (χ0n) is 35.9. The zero-order valence-corrected chi connectivity index (χ0v) is 50.5. The second kappa shape index (κ2) is 26.1. The number of benzene rings is 5. The molecule has 0 amide bonds. The molecule has 0 radical (unpaired) electrons. The van der Waals surface area contributed by atoms with Gasteiger partial charge >= 0.3 is 135 Å². The molecule has 1 aromatic heterocycles. The summed E-state index contributed by atoms with van der Waals surface area (Å²) in [5, 5.41) is 20.1. The summed E-state index contributed by atoms with van der Waals surface area (Å²) in [6, 6.07) is 8.90. The molecular weight excluding hydrogens is 1190 g/mol. The van der Waals surface area contributed by atoms with Gasteiger partial charge in [0.2, 0.25) is 27.6 Å². The van der Waals surface area contributed by atoms with E-state index in [2.05, 4.69) is 40.0 Å². The van der Waals surface area contributed by atoms with Crippen LogP contribution in [0.5, 0.6) is 5.75 Å². The van der Waals surface area contributed by atoms with Crippen LogP contribution in [-0.4, -0.2) is 111 Å². The number of nitrogens with one attached hydrogen (secondary N) is 3. The van der Waals surface area contributed by atoms with Crippen molar-refractivity contribution in [1.82, 2.24) is 15.0 Å². The fourth-order valence-electron chi connectivity index (χ4n) is 5.81. The maximum absolute atomic E-state index is 12.5. The molecule has 0 unspecified atom stereocenters. The summed E-state index contributed by atoms with van der Waals surface area (Å²) in [6.45, 7) is -0.966. The number of sulfone groups is 1. The third kappa shape index (κ3) is 17.1. The summed E-state index contributed by atoms with van der Waals surface area (Å²) in [4.78, 5) is 6.36. The first-order valence-corrected chi connectivity index (χ1v) is 25.6. The molecule has 0 saturated carbocycles. The Morgan fingerprint density at radius 2 is 1.20 bits per heavy atom. The van der Waals surface area contributed by atoms with E-state index in [4.69, 9.17) is 17.3 Å². The molecule has 0 atom stereocenters. The van der Waals surface area contributed by atoms with Gasteiger partial charge in [-0.05, 0) is 82.4 Å². The second-order valence-electron chi connectivity index (χ2n) is 12.7. The van der Waals surface area contributed by atoms with Crippen LogP contribution in [0, 0.1) is 0 Å². The minimum atomic E-state index is -5.79. The number of azo groups is 1. The van der Waals surface area contributed by atoms with Crippen molar-refractivity contribution in [2.75, 3.05) is 23.0 Å². The molecule has 0 aliphatic heterocycles. The van der Waals surface area contributed by atoms with Crippen LogP contribution in [0.4, 0.5) is 40.3 Å². The Morgan fingerprint density at radius 1 is 0.648 bits per heavy atom. The van der Waals surface area contributed by atoms with E-state index in [0.717, 1.165) is 24.3 Å². The normalized spacial score (nSPS) is 12.0. The van der Waals surface area contributed by atoms with Gasteiger partial charge in [-0.25, -0.2) is 50.5 Å². The maximum atomic E-state index is 12.5. The van der Waals surface area contributed by atoms with Gasteiger partial charge in [0, 0.05) is 11.1 Å². The van der Waals surface area contributed by atoms with Gasteiger partial charge in [-0.2, -0.15) is 20.1 Å². The monoisotopic (exact) mass is 1210 g/mol. The fourth-order valence-corrected chi connectivity index (χ4v) is 10.0. The van der Waals surface area contributed by atoms with Gasteiger partial charge < -0.3 is 49.7 Å². The molecule has 40 heteroatoms. The van der Waals surface area contributed by atoms with Crippen LogP contribution >= 0.6 is 11.6 Å². The van der Waals surface area contributed by atoms with Crippen molar-refractivity contribution < 1.29 is 223 Å². The minimum Gasteiger partial charge on any atom is -0.744 e. The fraction of sp³-hybridized carbons (Fsp3) is 0.0645. The molecule has 0 spiro atoms. The van der Waals surface area contributed by atoms with Crippen molar-refractivity contribution in [3.8, 4) is 5.75 Å². The molecule has 71 heavy (non-hydrogen) atoms. The van der Waals surface area contributed by atoms with Gasteiger partial charge in [0.15, 0.2) is 15.6 Å². The number of hydrogen-bond donors (Lipinski definition) is 3. The number of halogens is 1. The van der Waals surface area contributed by atoms with Crippen LogP contribution in [0.2, 0.25) is 5.28 Å². The van der Waals surface area contributed by atoms with Crippen molar-refractivity contribution >= 4 is 134 Å². The molecule has 0 aliphatic rings. The van der Waals surface area contributed by atoms with Crippen molar-refractivity contribution in [2.24, 2.45) is 10.2 Å². The van der Waals surface area contributed by atoms with Gasteiger partial charge in [0.25, 0.3) is 0 Å². The first-order valence-electron chi connectivity index (χ1n) is 16.6. The number of nitrogens with zero attached hydrogens (tertiary/aromatic N) is 5. The van der Waals surface area contributed by atoms with E-state index in [1.54, 1.807) is 0 Å². The average molecular weight is 1210 g/mol. The zero-order chi connectivity index (χ0) is 48.2. The molecule has 6 N–H and O–H groups in total. The molecule has 0 saturated heterocycles. The van der Waals surface area contributed by atoms with E-state index in [-0.39, 0.29) is 151 Å². The molecule has 6 rings (SSSR count). The molecule has 1 heterocycles. The third-order valence-corrected chi connectivity index (χ3v) is 14.2. The Hall–Kier alpha value is -1.34. The van der Waals surface area contributed by atoms with E-state index in [1.807, 2.05) is 0 Å². The smallest absolute Gasteiger partial charge is 0.744 e. The molecular formula is C31H21ClCuN8Na4O20S6-. The van der Waals surface area contributed by atoms with Crippen LogP contribution in [0.15, 0.2) is 101 Å². The summed E-state index contributed by atoms with van der Waals surface area (Å²) >= 11 is 6.07. The van der Waals surface area contributed by atoms with Gasteiger partial charge in [-0.1, -0.05) is 12.1 Å². The molecule has 0 fully saturated rings. The second-order valence-corrected chi connectivity index (χ2v) is 21.6. The molecule has 0 bridgehead atoms. The summed E-state index contributed by atoms with van der Waals surface area (Å²) in [5.41, 5.74) is 4.56. The predicted molar refractivity (Wildman–Crippen MR) is 219 cm³/mol. The summed E-state index contributed by atoms with van der Waals surface area (Å²) in [7, 11) is -31.6. The topological polar surface area (TPSA) is 492 Å². The number of phenolic OH excluding ortho intramolecular Hbond substituents is 1. The van der Waals surface area contributed by atoms with E-state index >= 15 is 0 Å². The van der Waals surface area contributed by atoms with Crippen molar-refractivity contribution in [3.05, 3.63) is 77.7 Å². The van der Waals surface area contributed by atoms with Gasteiger partial charge in [0.05, 0.1) is 48.2 Å². The minimum absolute atomic E-state index is 0. The molecule has 28 nitrogen and oxygen atoms in total. The largest absolute Gasteiger partial charge is 1.00 e. The third-order valence-electron chi connectivity index (χ3n) is 8.45. The predicted octanol–water partition coefficient (Wildman–Crippen LogP) is -9.82. The molecule has 6 aromatic rings. The number of fused-ring (bicyclic) bond motifs is 2. The number of rotatable bonds is 15. The number of aromatic nitrogens is 3. The SMILES string of the molecule is O.[Cu+].[NH-]c1c(N=Nc2c(S(=O)(=O)[O-])cc3cc(S(=O)(=O)[O-])cc(Nc4nc(Cl)nc(Nc5ccc(S(=O)(=O)CCOS(=O)(=O)[O-])cc5)n4)c3c2O)cc(S(=O)(=O)[O-])c2cccc(S(=O)(=O)[O-])c12.[Na+].[Na+].[Na+].[Na+]. The Morgan fingerprint density at radius 3 is 1.72 bits per heavy atom. The van der Waals surface area contributed by atoms with Crippen LogP contribution in [0.25, 0.3) is 27.3 Å². The molecule has 364 valence electrons. The first kappa shape index (κ1) is 69.7. The van der Waals surface area contributed by atoms with E-state index < -0.39 is 160 Å². The van der Waals surface area contributed by atoms with Crippen LogP contribution in [0.3, 0.4) is 0 Å². The van der Waals surface area contributed by atoms with Crippen molar-refractivity contribution in [3.63, 3.8) is 0 Å². The summed E-state index contributed by atoms with van der Waals surface area (Å²) in [6.07, 6.45) is 0. The van der Waals surface area contributed by atoms with Crippen molar-refractivity contribution in [1.29, 1.82) is 0 Å². The Kier molecular flexibility index (Phi) is 25.6. The summed E-state index contributed by atoms with van der Waals surface area (Å²) in [5.74, 6) is -3.27. The average Bonchev–Trinajstić information content (AvgIpc) is 3.15. The summed E-state index contributed by atoms with van der Waals surface area (Å²) < 4.78 is 208. The van der Waals surface area contributed by atoms with Gasteiger partial charge in [0.1, 0.15) is 46.2 Å². The Bertz CT molecular complexity index is 3740. The Balaban J connectivity index is 0.00000817. The van der Waals surface area contributed by atoms with Gasteiger partial charge in [-0.3, -0.25) is 4.18 Å². The number of hydrogen-bond acceptors (Lipinski definition) is 26. The maximum Gasteiger partial charge on any atom is 1.00 e. The first-order chi connectivity index (χ1) is 29.8.